The van der Waals surface area contributed by atoms with Crippen LogP contribution in [0.5, 0.6) is 0 Å². The molecule has 1 aliphatic heterocycles. The van der Waals surface area contributed by atoms with Crippen LogP contribution in [0.4, 0.5) is 0 Å². The Hall–Kier alpha value is 0.620. The zero-order valence-corrected chi connectivity index (χ0v) is 4.68. The number of hydrogen-bond donors (Lipinski definition) is 0. The third-order valence-corrected chi connectivity index (χ3v) is 4.62. The Morgan fingerprint density at radius 2 is 1.33 bits per heavy atom. The predicted molar refractivity (Wildman–Crippen MR) is 26.0 cm³/mol. The van der Waals surface area contributed by atoms with E-state index < -0.39 is 20.4 Å². The van der Waals surface area contributed by atoms with Crippen LogP contribution in [0.1, 0.15) is 0 Å². The molecule has 0 radical (unpaired) electrons. The van der Waals surface area contributed by atoms with Crippen LogP contribution in [0, 0.1) is 0 Å². The summed E-state index contributed by atoms with van der Waals surface area (Å²) < 4.78 is 20.1. The van der Waals surface area contributed by atoms with Gasteiger partial charge >= 0.3 is 0 Å². The lowest BCUT2D eigenvalue weighted by Crippen LogP contribution is -2.36. The second kappa shape index (κ2) is 1.61. The number of rotatable bonds is 0. The van der Waals surface area contributed by atoms with Gasteiger partial charge < -0.3 is 9.11 Å². The molecular formula is C2H4O2S2. The first kappa shape index (κ1) is 4.77. The van der Waals surface area contributed by atoms with Crippen LogP contribution in [0.3, 0.4) is 0 Å². The second-order valence-electron chi connectivity index (χ2n) is 1.02. The Morgan fingerprint density at radius 1 is 1.00 bits per heavy atom. The van der Waals surface area contributed by atoms with E-state index in [2.05, 4.69) is 0 Å². The van der Waals surface area contributed by atoms with Crippen LogP contribution in [0.25, 0.3) is 0 Å². The zero-order valence-electron chi connectivity index (χ0n) is 3.05. The fraction of sp³-hybridized carbons (Fsp3) is 1.00. The van der Waals surface area contributed by atoms with Crippen molar-refractivity contribution in [2.24, 2.45) is 0 Å². The SMILES string of the molecule is [O-][S+]1CC[S+]1[O-]. The van der Waals surface area contributed by atoms with Crippen molar-refractivity contribution in [1.29, 1.82) is 0 Å². The normalized spacial score (nSPS) is 45.0. The largest absolute Gasteiger partial charge is 0.571 e. The highest BCUT2D eigenvalue weighted by Gasteiger charge is 2.37. The molecule has 1 saturated heterocycles. The van der Waals surface area contributed by atoms with Gasteiger partial charge in [0.25, 0.3) is 0 Å². The highest BCUT2D eigenvalue weighted by Crippen LogP contribution is 2.15. The summed E-state index contributed by atoms with van der Waals surface area (Å²) in [6, 6.07) is 0. The minimum Gasteiger partial charge on any atom is -0.571 e. The summed E-state index contributed by atoms with van der Waals surface area (Å²) in [5.74, 6) is 1.29. The summed E-state index contributed by atoms with van der Waals surface area (Å²) in [6.07, 6.45) is 0. The summed E-state index contributed by atoms with van der Waals surface area (Å²) >= 11 is 0. The quantitative estimate of drug-likeness (QED) is 0.320. The molecule has 0 amide bonds. The average molecular weight is 124 g/mol. The van der Waals surface area contributed by atoms with Crippen LogP contribution in [0.15, 0.2) is 0 Å². The fourth-order valence-corrected chi connectivity index (χ4v) is 1.97. The van der Waals surface area contributed by atoms with E-state index in [1.807, 2.05) is 0 Å². The van der Waals surface area contributed by atoms with Gasteiger partial charge in [-0.25, -0.2) is 0 Å². The van der Waals surface area contributed by atoms with Crippen LogP contribution >= 0.6 is 0 Å². The van der Waals surface area contributed by atoms with Gasteiger partial charge in [0.05, 0.1) is 0 Å². The van der Waals surface area contributed by atoms with Crippen molar-refractivity contribution >= 4 is 20.4 Å². The highest BCUT2D eigenvalue weighted by atomic mass is 33.2. The molecule has 2 unspecified atom stereocenters. The Bertz CT molecular complexity index is 49.5. The molecule has 4 heteroatoms. The first-order chi connectivity index (χ1) is 2.80. The smallest absolute Gasteiger partial charge is 0.204 e. The molecule has 0 aromatic heterocycles. The van der Waals surface area contributed by atoms with Gasteiger partial charge in [-0.2, -0.15) is 0 Å². The third-order valence-electron chi connectivity index (χ3n) is 0.624. The highest BCUT2D eigenvalue weighted by molar-refractivity contribution is 8.69. The van der Waals surface area contributed by atoms with Crippen molar-refractivity contribution in [3.63, 3.8) is 0 Å². The molecule has 1 rings (SSSR count). The average Bonchev–Trinajstić information content (AvgIpc) is 1.61. The van der Waals surface area contributed by atoms with Gasteiger partial charge in [-0.05, 0) is 0 Å². The van der Waals surface area contributed by atoms with Crippen molar-refractivity contribution in [3.05, 3.63) is 0 Å². The molecule has 1 aliphatic rings. The molecule has 0 bridgehead atoms. The predicted octanol–water partition coefficient (Wildman–Crippen LogP) is -0.588. The molecule has 36 valence electrons. The Morgan fingerprint density at radius 3 is 1.33 bits per heavy atom. The molecule has 0 aromatic carbocycles. The minimum atomic E-state index is -0.965. The van der Waals surface area contributed by atoms with E-state index in [0.29, 0.717) is 11.5 Å². The molecule has 0 saturated carbocycles. The van der Waals surface area contributed by atoms with E-state index in [1.165, 1.54) is 0 Å². The molecule has 0 N–H and O–H groups in total. The van der Waals surface area contributed by atoms with Crippen molar-refractivity contribution in [3.8, 4) is 0 Å². The van der Waals surface area contributed by atoms with Crippen molar-refractivity contribution < 1.29 is 9.11 Å². The fourth-order valence-electron chi connectivity index (χ4n) is 0.219. The lowest BCUT2D eigenvalue weighted by Gasteiger charge is -2.17. The topological polar surface area (TPSA) is 46.1 Å². The van der Waals surface area contributed by atoms with Crippen LogP contribution in [-0.4, -0.2) is 20.6 Å². The second-order valence-corrected chi connectivity index (χ2v) is 5.28. The van der Waals surface area contributed by atoms with E-state index in [1.54, 1.807) is 0 Å². The van der Waals surface area contributed by atoms with Gasteiger partial charge in [-0.1, -0.05) is 0 Å². The van der Waals surface area contributed by atoms with E-state index in [0.717, 1.165) is 0 Å². The molecule has 0 aliphatic carbocycles. The molecule has 2 nitrogen and oxygen atoms in total. The zero-order chi connectivity index (χ0) is 4.57. The van der Waals surface area contributed by atoms with E-state index in [4.69, 9.17) is 0 Å². The minimum absolute atomic E-state index is 0.645. The molecule has 6 heavy (non-hydrogen) atoms. The van der Waals surface area contributed by atoms with Gasteiger partial charge in [0.1, 0.15) is 0 Å². The van der Waals surface area contributed by atoms with Crippen LogP contribution < -0.4 is 0 Å². The Kier molecular flexibility index (Phi) is 1.28. The maximum Gasteiger partial charge on any atom is 0.204 e. The summed E-state index contributed by atoms with van der Waals surface area (Å²) in [5.41, 5.74) is 0. The van der Waals surface area contributed by atoms with E-state index >= 15 is 0 Å². The van der Waals surface area contributed by atoms with Gasteiger partial charge in [0.2, 0.25) is 11.5 Å². The molecular weight excluding hydrogens is 120 g/mol. The van der Waals surface area contributed by atoms with Crippen LogP contribution in [-0.2, 0) is 20.4 Å². The van der Waals surface area contributed by atoms with Gasteiger partial charge in [0, 0.05) is 0 Å². The maximum absolute atomic E-state index is 10.0. The standard InChI is InChI=1S/C2H4O2S2/c3-5-1-2-6(5)4/h1-2H2. The monoisotopic (exact) mass is 124 g/mol. The van der Waals surface area contributed by atoms with Crippen LogP contribution in [0.2, 0.25) is 0 Å². The summed E-state index contributed by atoms with van der Waals surface area (Å²) in [6.45, 7) is 0. The molecule has 1 fully saturated rings. The lowest BCUT2D eigenvalue weighted by atomic mass is 11.0. The first-order valence-electron chi connectivity index (χ1n) is 1.58. The lowest BCUT2D eigenvalue weighted by molar-refractivity contribution is 0.575. The maximum atomic E-state index is 10.0. The molecule has 0 spiro atoms. The molecule has 1 heterocycles. The Labute approximate surface area is 41.7 Å². The van der Waals surface area contributed by atoms with E-state index in [-0.39, 0.29) is 0 Å². The van der Waals surface area contributed by atoms with Gasteiger partial charge in [-0.15, -0.1) is 0 Å². The number of hydrogen-bond acceptors (Lipinski definition) is 2. The van der Waals surface area contributed by atoms with Crippen molar-refractivity contribution in [2.75, 3.05) is 11.5 Å². The van der Waals surface area contributed by atoms with Gasteiger partial charge in [0.15, 0.2) is 20.4 Å². The summed E-state index contributed by atoms with van der Waals surface area (Å²) in [4.78, 5) is 0. The molecule has 0 aromatic rings. The van der Waals surface area contributed by atoms with E-state index in [9.17, 15) is 9.11 Å². The van der Waals surface area contributed by atoms with Gasteiger partial charge in [-0.3, -0.25) is 0 Å². The summed E-state index contributed by atoms with van der Waals surface area (Å²) in [5, 5.41) is 0. The Balaban J connectivity index is 2.20. The molecule has 2 atom stereocenters. The van der Waals surface area contributed by atoms with Crippen molar-refractivity contribution in [1.82, 2.24) is 0 Å². The summed E-state index contributed by atoms with van der Waals surface area (Å²) in [7, 11) is -1.93. The van der Waals surface area contributed by atoms with Crippen molar-refractivity contribution in [2.45, 2.75) is 0 Å². The first-order valence-corrected chi connectivity index (χ1v) is 4.73. The third kappa shape index (κ3) is 0.654.